The molecule has 168 valence electrons. The van der Waals surface area contributed by atoms with Crippen LogP contribution in [0.1, 0.15) is 31.2 Å². The van der Waals surface area contributed by atoms with Crippen molar-refractivity contribution in [2.45, 2.75) is 44.7 Å². The van der Waals surface area contributed by atoms with Gasteiger partial charge in [0.25, 0.3) is 0 Å². The van der Waals surface area contributed by atoms with Crippen molar-refractivity contribution in [1.29, 1.82) is 0 Å². The van der Waals surface area contributed by atoms with Gasteiger partial charge in [0, 0.05) is 54.0 Å². The highest BCUT2D eigenvalue weighted by Crippen LogP contribution is 2.29. The molecule has 0 radical (unpaired) electrons. The number of urea groups is 1. The molecule has 6 nitrogen and oxygen atoms in total. The topological polar surface area (TPSA) is 69.3 Å². The number of benzene rings is 2. The lowest BCUT2D eigenvalue weighted by molar-refractivity contribution is 0.243. The first-order valence-electron chi connectivity index (χ1n) is 11.1. The van der Waals surface area contributed by atoms with Gasteiger partial charge in [-0.1, -0.05) is 29.8 Å². The lowest BCUT2D eigenvalue weighted by Crippen LogP contribution is -2.42. The zero-order valence-electron chi connectivity index (χ0n) is 18.8. The smallest absolute Gasteiger partial charge is 0.319 e. The van der Waals surface area contributed by atoms with E-state index in [0.717, 1.165) is 59.3 Å². The van der Waals surface area contributed by atoms with Crippen molar-refractivity contribution in [3.05, 3.63) is 59.1 Å². The van der Waals surface area contributed by atoms with Crippen LogP contribution in [0.3, 0.4) is 0 Å². The Bertz CT molecular complexity index is 1110. The van der Waals surface area contributed by atoms with E-state index in [1.807, 2.05) is 31.2 Å². The normalized spacial score (nSPS) is 18.2. The lowest BCUT2D eigenvalue weighted by atomic mass is 9.91. The molecule has 1 aromatic heterocycles. The van der Waals surface area contributed by atoms with Gasteiger partial charge in [-0.15, -0.1) is 0 Å². The number of anilines is 3. The summed E-state index contributed by atoms with van der Waals surface area (Å²) in [4.78, 5) is 19.4. The number of nitrogens with zero attached hydrogens (tertiary/aromatic N) is 2. The standard InChI is InChI=1S/C25H30ClN5O/c1-16-14-17(26)8-13-21(16)30-25(32)28-19-11-9-18(10-12-19)27-24-15-23(31(2)3)20-6-4-5-7-22(20)29-24/h4-8,13-15,18-19H,9-12H2,1-3H3,(H,27,29)(H2,28,30,32). The van der Waals surface area contributed by atoms with Gasteiger partial charge in [-0.3, -0.25) is 0 Å². The molecule has 4 rings (SSSR count). The first-order chi connectivity index (χ1) is 15.4. The van der Waals surface area contributed by atoms with E-state index in [2.05, 4.69) is 53.1 Å². The number of aromatic nitrogens is 1. The minimum Gasteiger partial charge on any atom is -0.377 e. The molecule has 0 unspecified atom stereocenters. The molecule has 1 heterocycles. The van der Waals surface area contributed by atoms with Crippen LogP contribution in [0.5, 0.6) is 0 Å². The summed E-state index contributed by atoms with van der Waals surface area (Å²) in [6.07, 6.45) is 3.82. The maximum Gasteiger partial charge on any atom is 0.319 e. The summed E-state index contributed by atoms with van der Waals surface area (Å²) in [7, 11) is 4.11. The van der Waals surface area contributed by atoms with Crippen LogP contribution in [0.4, 0.5) is 22.0 Å². The van der Waals surface area contributed by atoms with Crippen molar-refractivity contribution in [2.24, 2.45) is 0 Å². The van der Waals surface area contributed by atoms with Gasteiger partial charge in [0.2, 0.25) is 0 Å². The van der Waals surface area contributed by atoms with Crippen LogP contribution in [0.25, 0.3) is 10.9 Å². The number of fused-ring (bicyclic) bond motifs is 1. The minimum atomic E-state index is -0.168. The molecule has 2 amide bonds. The highest BCUT2D eigenvalue weighted by Gasteiger charge is 2.23. The highest BCUT2D eigenvalue weighted by molar-refractivity contribution is 6.30. The molecule has 1 aliphatic carbocycles. The molecule has 3 aromatic rings. The average Bonchev–Trinajstić information content (AvgIpc) is 2.76. The molecule has 1 saturated carbocycles. The third-order valence-corrected chi connectivity index (χ3v) is 6.26. The third kappa shape index (κ3) is 5.25. The summed E-state index contributed by atoms with van der Waals surface area (Å²) in [5.74, 6) is 0.903. The van der Waals surface area contributed by atoms with Gasteiger partial charge in [0.1, 0.15) is 5.82 Å². The van der Waals surface area contributed by atoms with Crippen LogP contribution in [0, 0.1) is 6.92 Å². The summed E-state index contributed by atoms with van der Waals surface area (Å²) in [6, 6.07) is 16.1. The Morgan fingerprint density at radius 2 is 1.75 bits per heavy atom. The van der Waals surface area contributed by atoms with Gasteiger partial charge < -0.3 is 20.9 Å². The number of hydrogen-bond donors (Lipinski definition) is 3. The average molecular weight is 452 g/mol. The number of halogens is 1. The van der Waals surface area contributed by atoms with Crippen molar-refractivity contribution in [1.82, 2.24) is 10.3 Å². The van der Waals surface area contributed by atoms with Gasteiger partial charge in [-0.05, 0) is 62.4 Å². The first-order valence-corrected chi connectivity index (χ1v) is 11.4. The maximum atomic E-state index is 12.4. The zero-order valence-corrected chi connectivity index (χ0v) is 19.5. The zero-order chi connectivity index (χ0) is 22.7. The molecule has 7 heteroatoms. The second-order valence-corrected chi connectivity index (χ2v) is 9.13. The van der Waals surface area contributed by atoms with Crippen LogP contribution < -0.4 is 20.9 Å². The summed E-state index contributed by atoms with van der Waals surface area (Å²) in [5, 5.41) is 11.5. The second kappa shape index (κ2) is 9.65. The van der Waals surface area contributed by atoms with E-state index in [1.165, 1.54) is 0 Å². The van der Waals surface area contributed by atoms with Gasteiger partial charge in [0.15, 0.2) is 0 Å². The van der Waals surface area contributed by atoms with Crippen LogP contribution >= 0.6 is 11.6 Å². The fraction of sp³-hybridized carbons (Fsp3) is 0.360. The van der Waals surface area contributed by atoms with Gasteiger partial charge in [-0.25, -0.2) is 9.78 Å². The van der Waals surface area contributed by atoms with E-state index in [0.29, 0.717) is 11.1 Å². The number of carbonyl (C=O) groups is 1. The Labute approximate surface area is 194 Å². The molecule has 0 saturated heterocycles. The summed E-state index contributed by atoms with van der Waals surface area (Å²) in [5.41, 5.74) is 3.87. The first kappa shape index (κ1) is 22.2. The summed E-state index contributed by atoms with van der Waals surface area (Å²) < 4.78 is 0. The van der Waals surface area contributed by atoms with E-state index in [4.69, 9.17) is 16.6 Å². The largest absolute Gasteiger partial charge is 0.377 e. The molecule has 3 N–H and O–H groups in total. The monoisotopic (exact) mass is 451 g/mol. The molecular formula is C25H30ClN5O. The van der Waals surface area contributed by atoms with E-state index in [9.17, 15) is 4.79 Å². The van der Waals surface area contributed by atoms with Crippen LogP contribution in [0.15, 0.2) is 48.5 Å². The van der Waals surface area contributed by atoms with Crippen molar-refractivity contribution in [3.63, 3.8) is 0 Å². The fourth-order valence-corrected chi connectivity index (χ4v) is 4.53. The Morgan fingerprint density at radius 1 is 1.03 bits per heavy atom. The summed E-state index contributed by atoms with van der Waals surface area (Å²) >= 11 is 5.99. The van der Waals surface area contributed by atoms with E-state index in [-0.39, 0.29) is 12.1 Å². The number of amides is 2. The number of para-hydroxylation sites is 1. The molecule has 0 spiro atoms. The predicted molar refractivity (Wildman–Crippen MR) is 134 cm³/mol. The van der Waals surface area contributed by atoms with Crippen molar-refractivity contribution in [3.8, 4) is 0 Å². The highest BCUT2D eigenvalue weighted by atomic mass is 35.5. The number of hydrogen-bond acceptors (Lipinski definition) is 4. The molecule has 1 aliphatic rings. The molecular weight excluding hydrogens is 422 g/mol. The van der Waals surface area contributed by atoms with E-state index in [1.54, 1.807) is 6.07 Å². The molecule has 0 bridgehead atoms. The van der Waals surface area contributed by atoms with E-state index < -0.39 is 0 Å². The van der Waals surface area contributed by atoms with Gasteiger partial charge in [0.05, 0.1) is 5.52 Å². The molecule has 0 atom stereocenters. The predicted octanol–water partition coefficient (Wildman–Crippen LogP) is 5.81. The van der Waals surface area contributed by atoms with E-state index >= 15 is 0 Å². The van der Waals surface area contributed by atoms with Crippen LogP contribution in [0.2, 0.25) is 5.02 Å². The number of rotatable bonds is 5. The SMILES string of the molecule is Cc1cc(Cl)ccc1NC(=O)NC1CCC(Nc2cc(N(C)C)c3ccccc3n2)CC1. The molecule has 32 heavy (non-hydrogen) atoms. The second-order valence-electron chi connectivity index (χ2n) is 8.69. The molecule has 1 fully saturated rings. The van der Waals surface area contributed by atoms with Crippen LogP contribution in [-0.2, 0) is 0 Å². The van der Waals surface area contributed by atoms with Crippen molar-refractivity contribution >= 4 is 45.7 Å². The van der Waals surface area contributed by atoms with Gasteiger partial charge >= 0.3 is 6.03 Å². The minimum absolute atomic E-state index is 0.168. The van der Waals surface area contributed by atoms with Gasteiger partial charge in [-0.2, -0.15) is 0 Å². The van der Waals surface area contributed by atoms with Crippen molar-refractivity contribution in [2.75, 3.05) is 29.6 Å². The molecule has 2 aromatic carbocycles. The lowest BCUT2D eigenvalue weighted by Gasteiger charge is -2.30. The number of nitrogens with one attached hydrogen (secondary N) is 3. The number of aryl methyl sites for hydroxylation is 1. The maximum absolute atomic E-state index is 12.4. The Kier molecular flexibility index (Phi) is 6.70. The number of carbonyl (C=O) groups excluding carboxylic acids is 1. The Balaban J connectivity index is 1.32. The Morgan fingerprint density at radius 3 is 2.47 bits per heavy atom. The third-order valence-electron chi connectivity index (χ3n) is 6.03. The quantitative estimate of drug-likeness (QED) is 0.458. The van der Waals surface area contributed by atoms with Crippen molar-refractivity contribution < 1.29 is 4.79 Å². The Hall–Kier alpha value is -2.99. The summed E-state index contributed by atoms with van der Waals surface area (Å²) in [6.45, 7) is 1.93. The molecule has 0 aliphatic heterocycles. The number of pyridine rings is 1. The fourth-order valence-electron chi connectivity index (χ4n) is 4.30. The van der Waals surface area contributed by atoms with Crippen LogP contribution in [-0.4, -0.2) is 37.2 Å².